The number of benzene rings is 1. The number of hydroxylamine groups is 2. The molecule has 9 nitrogen and oxygen atoms in total. The van der Waals surface area contributed by atoms with Gasteiger partial charge in [-0.05, 0) is 6.07 Å². The van der Waals surface area contributed by atoms with Crippen LogP contribution in [0.2, 0.25) is 0 Å². The van der Waals surface area contributed by atoms with Crippen LogP contribution in [0.5, 0.6) is 11.8 Å². The van der Waals surface area contributed by atoms with Crippen LogP contribution in [0.1, 0.15) is 20.7 Å². The van der Waals surface area contributed by atoms with E-state index in [1.54, 1.807) is 0 Å². The van der Waals surface area contributed by atoms with Crippen LogP contribution in [0, 0.1) is 0 Å². The quantitative estimate of drug-likeness (QED) is 0.618. The highest BCUT2D eigenvalue weighted by atomic mass is 16.7. The van der Waals surface area contributed by atoms with Crippen molar-refractivity contribution < 1.29 is 34.2 Å². The third kappa shape index (κ3) is 2.63. The second-order valence-corrected chi connectivity index (χ2v) is 4.93. The minimum absolute atomic E-state index is 0.0679. The molecule has 9 heteroatoms. The van der Waals surface area contributed by atoms with Crippen molar-refractivity contribution in [2.75, 3.05) is 0 Å². The van der Waals surface area contributed by atoms with Crippen molar-refractivity contribution in [3.63, 3.8) is 0 Å². The summed E-state index contributed by atoms with van der Waals surface area (Å²) >= 11 is 0. The molecule has 0 saturated heterocycles. The fourth-order valence-corrected chi connectivity index (χ4v) is 2.33. The first-order valence-electron chi connectivity index (χ1n) is 6.90. The Balaban J connectivity index is 2.09. The van der Waals surface area contributed by atoms with Gasteiger partial charge in [0.2, 0.25) is 0 Å². The molecule has 0 radical (unpaired) electrons. The van der Waals surface area contributed by atoms with Crippen LogP contribution in [0.4, 0.5) is 0 Å². The van der Waals surface area contributed by atoms with E-state index in [4.69, 9.17) is 4.84 Å². The van der Waals surface area contributed by atoms with E-state index in [2.05, 4.69) is 0 Å². The molecule has 25 heavy (non-hydrogen) atoms. The van der Waals surface area contributed by atoms with E-state index in [1.165, 1.54) is 30.3 Å². The Kier molecular flexibility index (Phi) is 3.82. The van der Waals surface area contributed by atoms with E-state index < -0.39 is 29.5 Å². The third-order valence-electron chi connectivity index (χ3n) is 3.43. The van der Waals surface area contributed by atoms with Gasteiger partial charge in [-0.3, -0.25) is 19.0 Å². The van der Waals surface area contributed by atoms with Gasteiger partial charge in [0.15, 0.2) is 18.0 Å². The van der Waals surface area contributed by atoms with Crippen molar-refractivity contribution in [1.82, 2.24) is 9.63 Å². The molecule has 3 rings (SSSR count). The Bertz CT molecular complexity index is 904. The molecular formula is C16H10N2O7. The highest BCUT2D eigenvalue weighted by Crippen LogP contribution is 2.30. The van der Waals surface area contributed by atoms with Gasteiger partial charge in [0.05, 0.1) is 11.3 Å². The summed E-state index contributed by atoms with van der Waals surface area (Å²) in [6.07, 6.45) is 2.21. The molecular weight excluding hydrogens is 332 g/mol. The molecule has 2 aromatic rings. The van der Waals surface area contributed by atoms with E-state index in [9.17, 15) is 29.4 Å². The molecule has 1 aromatic heterocycles. The molecule has 0 aliphatic carbocycles. The molecule has 0 spiro atoms. The predicted octanol–water partition coefficient (Wildman–Crippen LogP) is 0.698. The van der Waals surface area contributed by atoms with Crippen molar-refractivity contribution in [2.45, 2.75) is 0 Å². The number of carbonyl (C=O) groups excluding carboxylic acids is 4. The highest BCUT2D eigenvalue weighted by Gasteiger charge is 2.31. The Hall–Kier alpha value is -3.88. The smallest absolute Gasteiger partial charge is 0.366 e. The zero-order valence-electron chi connectivity index (χ0n) is 12.4. The first kappa shape index (κ1) is 16.0. The molecule has 2 heterocycles. The van der Waals surface area contributed by atoms with Gasteiger partial charge < -0.3 is 15.1 Å². The van der Waals surface area contributed by atoms with Crippen LogP contribution in [-0.4, -0.2) is 43.9 Å². The molecule has 0 unspecified atom stereocenters. The average Bonchev–Trinajstić information content (AvgIpc) is 3.09. The van der Waals surface area contributed by atoms with Crippen LogP contribution < -0.4 is 0 Å². The minimum Gasteiger partial charge on any atom is -0.494 e. The Morgan fingerprint density at radius 3 is 2.16 bits per heavy atom. The fourth-order valence-electron chi connectivity index (χ4n) is 2.33. The number of aromatic nitrogens is 1. The largest absolute Gasteiger partial charge is 0.494 e. The second kappa shape index (κ2) is 5.96. The van der Waals surface area contributed by atoms with Gasteiger partial charge >= 0.3 is 5.97 Å². The summed E-state index contributed by atoms with van der Waals surface area (Å²) in [6.45, 7) is 0. The SMILES string of the molecule is O=Cc1cccc(-n2c(O)ccc2O)c1C(=O)ON1C(=O)C=CC1=O. The first-order chi connectivity index (χ1) is 11.9. The van der Waals surface area contributed by atoms with Gasteiger partial charge in [0.1, 0.15) is 0 Å². The third-order valence-corrected chi connectivity index (χ3v) is 3.43. The molecule has 1 aliphatic heterocycles. The number of rotatable bonds is 4. The van der Waals surface area contributed by atoms with Gasteiger partial charge in [-0.1, -0.05) is 17.2 Å². The summed E-state index contributed by atoms with van der Waals surface area (Å²) in [5.74, 6) is -3.69. The van der Waals surface area contributed by atoms with Gasteiger partial charge in [0, 0.05) is 29.8 Å². The standard InChI is InChI=1S/C16H10N2O7/c19-8-9-2-1-3-10(17-11(20)4-5-12(17)21)15(9)16(24)25-18-13(22)6-7-14(18)23/h1-8,20-21H. The second-order valence-electron chi connectivity index (χ2n) is 4.93. The van der Waals surface area contributed by atoms with Crippen LogP contribution >= 0.6 is 0 Å². The van der Waals surface area contributed by atoms with Crippen LogP contribution in [0.3, 0.4) is 0 Å². The molecule has 2 amide bonds. The van der Waals surface area contributed by atoms with Crippen LogP contribution in [-0.2, 0) is 14.4 Å². The zero-order valence-corrected chi connectivity index (χ0v) is 12.4. The maximum Gasteiger partial charge on any atom is 0.366 e. The summed E-state index contributed by atoms with van der Waals surface area (Å²) < 4.78 is 0.898. The molecule has 2 N–H and O–H groups in total. The van der Waals surface area contributed by atoms with E-state index in [0.717, 1.165) is 16.7 Å². The Morgan fingerprint density at radius 2 is 1.60 bits per heavy atom. The Morgan fingerprint density at radius 1 is 1.00 bits per heavy atom. The summed E-state index contributed by atoms with van der Waals surface area (Å²) in [4.78, 5) is 51.6. The van der Waals surface area contributed by atoms with Crippen LogP contribution in [0.25, 0.3) is 5.69 Å². The molecule has 1 aromatic carbocycles. The average molecular weight is 342 g/mol. The summed E-state index contributed by atoms with van der Waals surface area (Å²) in [5.41, 5.74) is -0.532. The van der Waals surface area contributed by atoms with Crippen molar-refractivity contribution in [3.8, 4) is 17.4 Å². The van der Waals surface area contributed by atoms with Gasteiger partial charge in [-0.2, -0.15) is 0 Å². The zero-order chi connectivity index (χ0) is 18.1. The lowest BCUT2D eigenvalue weighted by Gasteiger charge is -2.16. The molecule has 0 fully saturated rings. The lowest BCUT2D eigenvalue weighted by molar-refractivity contribution is -0.170. The van der Waals surface area contributed by atoms with Crippen molar-refractivity contribution >= 4 is 24.1 Å². The molecule has 0 saturated carbocycles. The van der Waals surface area contributed by atoms with E-state index in [1.807, 2.05) is 0 Å². The number of amides is 2. The van der Waals surface area contributed by atoms with Gasteiger partial charge in [0.25, 0.3) is 11.8 Å². The monoisotopic (exact) mass is 342 g/mol. The maximum absolute atomic E-state index is 12.5. The summed E-state index contributed by atoms with van der Waals surface area (Å²) in [7, 11) is 0. The van der Waals surface area contributed by atoms with E-state index >= 15 is 0 Å². The lowest BCUT2D eigenvalue weighted by Crippen LogP contribution is -2.33. The van der Waals surface area contributed by atoms with E-state index in [0.29, 0.717) is 6.29 Å². The highest BCUT2D eigenvalue weighted by molar-refractivity contribution is 6.13. The maximum atomic E-state index is 12.5. The molecule has 1 aliphatic rings. The number of aromatic hydroxyl groups is 2. The number of hydrogen-bond donors (Lipinski definition) is 2. The van der Waals surface area contributed by atoms with Crippen molar-refractivity contribution in [1.29, 1.82) is 0 Å². The number of nitrogens with zero attached hydrogens (tertiary/aromatic N) is 2. The lowest BCUT2D eigenvalue weighted by atomic mass is 10.1. The minimum atomic E-state index is -1.18. The molecule has 126 valence electrons. The number of carbonyl (C=O) groups is 4. The normalized spacial score (nSPS) is 13.4. The summed E-state index contributed by atoms with van der Waals surface area (Å²) in [5, 5.41) is 20.0. The van der Waals surface area contributed by atoms with Crippen molar-refractivity contribution in [3.05, 3.63) is 53.6 Å². The van der Waals surface area contributed by atoms with Crippen molar-refractivity contribution in [2.24, 2.45) is 0 Å². The topological polar surface area (TPSA) is 126 Å². The van der Waals surface area contributed by atoms with Crippen LogP contribution in [0.15, 0.2) is 42.5 Å². The van der Waals surface area contributed by atoms with Gasteiger partial charge in [-0.25, -0.2) is 4.79 Å². The number of imide groups is 1. The number of hydrogen-bond acceptors (Lipinski definition) is 7. The summed E-state index contributed by atoms with van der Waals surface area (Å²) in [6, 6.07) is 6.42. The molecule has 0 atom stereocenters. The molecule has 0 bridgehead atoms. The number of aldehydes is 1. The predicted molar refractivity (Wildman–Crippen MR) is 80.9 cm³/mol. The first-order valence-corrected chi connectivity index (χ1v) is 6.90. The van der Waals surface area contributed by atoms with E-state index in [-0.39, 0.29) is 21.9 Å². The fraction of sp³-hybridized carbons (Fsp3) is 0. The Labute approximate surface area is 139 Å². The van der Waals surface area contributed by atoms with Gasteiger partial charge in [-0.15, -0.1) is 0 Å².